The van der Waals surface area contributed by atoms with Gasteiger partial charge in [-0.1, -0.05) is 17.3 Å². The van der Waals surface area contributed by atoms with E-state index < -0.39 is 23.5 Å². The highest BCUT2D eigenvalue weighted by Gasteiger charge is 2.43. The van der Waals surface area contributed by atoms with Gasteiger partial charge in [-0.3, -0.25) is 0 Å². The monoisotopic (exact) mass is 289 g/mol. The summed E-state index contributed by atoms with van der Waals surface area (Å²) in [5.41, 5.74) is -1.09. The number of thioether (sulfide) groups is 1. The van der Waals surface area contributed by atoms with Crippen molar-refractivity contribution in [3.63, 3.8) is 0 Å². The van der Waals surface area contributed by atoms with Gasteiger partial charge in [0, 0.05) is 5.57 Å². The number of aromatic carboxylic acids is 1. The molecule has 0 bridgehead atoms. The molecule has 1 aliphatic heterocycles. The summed E-state index contributed by atoms with van der Waals surface area (Å²) in [5, 5.41) is 15.4. The zero-order valence-electron chi connectivity index (χ0n) is 9.14. The maximum absolute atomic E-state index is 12.6. The summed E-state index contributed by atoms with van der Waals surface area (Å²) >= 11 is 1.30. The van der Waals surface area contributed by atoms with Crippen LogP contribution >= 0.6 is 11.8 Å². The molecule has 100 valence electrons. The molecule has 19 heavy (non-hydrogen) atoms. The van der Waals surface area contributed by atoms with Gasteiger partial charge >= 0.3 is 12.1 Å². The summed E-state index contributed by atoms with van der Waals surface area (Å²) < 4.78 is 42.0. The molecule has 8 heteroatoms. The molecule has 0 unspecified atom stereocenters. The van der Waals surface area contributed by atoms with Gasteiger partial charge in [0.25, 0.3) is 5.76 Å². The van der Waals surface area contributed by atoms with E-state index in [0.717, 1.165) is 0 Å². The van der Waals surface area contributed by atoms with Crippen LogP contribution in [0.5, 0.6) is 0 Å². The first-order chi connectivity index (χ1) is 8.91. The number of hydrogen-bond acceptors (Lipinski definition) is 4. The van der Waals surface area contributed by atoms with Crippen molar-refractivity contribution in [2.24, 2.45) is 0 Å². The van der Waals surface area contributed by atoms with Gasteiger partial charge in [-0.15, -0.1) is 11.8 Å². The van der Waals surface area contributed by atoms with E-state index in [-0.39, 0.29) is 11.3 Å². The van der Waals surface area contributed by atoms with Gasteiger partial charge in [0.15, 0.2) is 0 Å². The van der Waals surface area contributed by atoms with Crippen LogP contribution in [0.1, 0.15) is 21.8 Å². The van der Waals surface area contributed by atoms with E-state index in [4.69, 9.17) is 5.11 Å². The zero-order valence-corrected chi connectivity index (χ0v) is 9.96. The lowest BCUT2D eigenvalue weighted by Gasteiger charge is -2.02. The van der Waals surface area contributed by atoms with Crippen LogP contribution in [0.4, 0.5) is 13.2 Å². The Kier molecular flexibility index (Phi) is 3.52. The maximum atomic E-state index is 12.6. The van der Waals surface area contributed by atoms with Gasteiger partial charge in [-0.05, 0) is 16.9 Å². The topological polar surface area (TPSA) is 63.3 Å². The van der Waals surface area contributed by atoms with Crippen molar-refractivity contribution in [2.45, 2.75) is 6.18 Å². The number of carboxylic acids is 1. The predicted molar refractivity (Wildman–Crippen MR) is 62.3 cm³/mol. The molecule has 2 heterocycles. The number of allylic oxidation sites excluding steroid dienone is 4. The third-order valence-corrected chi connectivity index (χ3v) is 2.80. The number of carboxylic acid groups (broad SMARTS) is 1. The number of rotatable bonds is 2. The van der Waals surface area contributed by atoms with Gasteiger partial charge in [0.2, 0.25) is 0 Å². The molecule has 1 aromatic rings. The average molecular weight is 289 g/mol. The Hall–Kier alpha value is -1.96. The third-order valence-electron chi connectivity index (χ3n) is 2.20. The van der Waals surface area contributed by atoms with Crippen LogP contribution in [0.3, 0.4) is 0 Å². The van der Waals surface area contributed by atoms with E-state index in [0.29, 0.717) is 0 Å². The lowest BCUT2D eigenvalue weighted by molar-refractivity contribution is -0.156. The summed E-state index contributed by atoms with van der Waals surface area (Å²) in [6.45, 7) is 0. The van der Waals surface area contributed by atoms with Gasteiger partial charge in [0.05, 0.1) is 0 Å². The summed E-state index contributed by atoms with van der Waals surface area (Å²) in [6.07, 6.45) is -0.401. The highest BCUT2D eigenvalue weighted by Crippen LogP contribution is 2.36. The molecule has 2 rings (SSSR count). The molecule has 0 radical (unpaired) electrons. The van der Waals surface area contributed by atoms with Crippen molar-refractivity contribution < 1.29 is 27.6 Å². The Labute approximate surface area is 109 Å². The largest absolute Gasteiger partial charge is 0.477 e. The first kappa shape index (κ1) is 13.5. The molecule has 1 aliphatic rings. The van der Waals surface area contributed by atoms with Crippen molar-refractivity contribution in [3.05, 3.63) is 46.1 Å². The lowest BCUT2D eigenvalue weighted by atomic mass is 10.1. The molecule has 0 saturated carbocycles. The molecular weight excluding hydrogens is 283 g/mol. The smallest absolute Gasteiger partial charge is 0.453 e. The normalized spacial score (nSPS) is 15.2. The summed E-state index contributed by atoms with van der Waals surface area (Å²) in [4.78, 5) is 11.0. The fraction of sp³-hybridized carbons (Fsp3) is 0.0909. The fourth-order valence-electron chi connectivity index (χ4n) is 1.44. The van der Waals surface area contributed by atoms with Gasteiger partial charge in [-0.2, -0.15) is 13.2 Å². The van der Waals surface area contributed by atoms with E-state index in [2.05, 4.69) is 9.68 Å². The molecule has 0 aromatic carbocycles. The van der Waals surface area contributed by atoms with Crippen LogP contribution in [-0.4, -0.2) is 16.2 Å². The Morgan fingerprint density at radius 2 is 2.11 bits per heavy atom. The van der Waals surface area contributed by atoms with Crippen molar-refractivity contribution in [1.29, 1.82) is 0 Å². The van der Waals surface area contributed by atoms with Crippen LogP contribution in [-0.2, 0) is 6.18 Å². The van der Waals surface area contributed by atoms with Crippen molar-refractivity contribution >= 4 is 23.3 Å². The minimum Gasteiger partial charge on any atom is -0.477 e. The Bertz CT molecular complexity index is 599. The van der Waals surface area contributed by atoms with Crippen LogP contribution < -0.4 is 0 Å². The summed E-state index contributed by atoms with van der Waals surface area (Å²) in [7, 11) is 0. The second kappa shape index (κ2) is 4.96. The van der Waals surface area contributed by atoms with Gasteiger partial charge < -0.3 is 9.63 Å². The van der Waals surface area contributed by atoms with E-state index in [1.165, 1.54) is 23.9 Å². The third kappa shape index (κ3) is 2.73. The van der Waals surface area contributed by atoms with E-state index in [9.17, 15) is 18.0 Å². The van der Waals surface area contributed by atoms with Crippen LogP contribution in [0.15, 0.2) is 33.6 Å². The molecule has 0 amide bonds. The highest BCUT2D eigenvalue weighted by molar-refractivity contribution is 8.04. The predicted octanol–water partition coefficient (Wildman–Crippen LogP) is 3.55. The van der Waals surface area contributed by atoms with E-state index in [1.807, 2.05) is 0 Å². The molecule has 0 saturated heterocycles. The Balaban J connectivity index is 2.59. The number of aromatic nitrogens is 1. The van der Waals surface area contributed by atoms with E-state index in [1.54, 1.807) is 16.9 Å². The molecule has 1 aromatic heterocycles. The molecular formula is C11H6F3NO3S. The quantitative estimate of drug-likeness (QED) is 0.902. The van der Waals surface area contributed by atoms with Crippen molar-refractivity contribution in [3.8, 4) is 0 Å². The molecule has 4 nitrogen and oxygen atoms in total. The SMILES string of the molecule is O=C(O)c1c(C2=CC=CSC=C2)noc1C(F)(F)F. The minimum absolute atomic E-state index is 0.234. The summed E-state index contributed by atoms with van der Waals surface area (Å²) in [5.74, 6) is -3.34. The van der Waals surface area contributed by atoms with Gasteiger partial charge in [0.1, 0.15) is 11.3 Å². The summed E-state index contributed by atoms with van der Waals surface area (Å²) in [6, 6.07) is 0. The first-order valence-electron chi connectivity index (χ1n) is 4.90. The van der Waals surface area contributed by atoms with Crippen LogP contribution in [0.2, 0.25) is 0 Å². The Morgan fingerprint density at radius 3 is 2.74 bits per heavy atom. The molecule has 0 spiro atoms. The zero-order chi connectivity index (χ0) is 14.0. The average Bonchev–Trinajstić information content (AvgIpc) is 2.59. The number of hydrogen-bond donors (Lipinski definition) is 1. The number of nitrogens with zero attached hydrogens (tertiary/aromatic N) is 1. The molecule has 0 atom stereocenters. The number of alkyl halides is 3. The number of halogens is 3. The Morgan fingerprint density at radius 1 is 1.37 bits per heavy atom. The second-order valence-corrected chi connectivity index (χ2v) is 4.24. The molecule has 0 aliphatic carbocycles. The minimum atomic E-state index is -4.90. The number of carbonyl (C=O) groups is 1. The molecule has 0 fully saturated rings. The lowest BCUT2D eigenvalue weighted by Crippen LogP contribution is -2.11. The van der Waals surface area contributed by atoms with Crippen molar-refractivity contribution in [1.82, 2.24) is 5.16 Å². The van der Waals surface area contributed by atoms with Crippen LogP contribution in [0, 0.1) is 0 Å². The van der Waals surface area contributed by atoms with E-state index >= 15 is 0 Å². The van der Waals surface area contributed by atoms with Crippen molar-refractivity contribution in [2.75, 3.05) is 0 Å². The highest BCUT2D eigenvalue weighted by atomic mass is 32.2. The molecule has 1 N–H and O–H groups in total. The standard InChI is InChI=1S/C11H6F3NO3S/c12-11(13,14)9-7(10(16)17)8(15-18-9)6-2-1-4-19-5-3-6/h1-5H,(H,16,17). The fourth-order valence-corrected chi connectivity index (χ4v) is 1.92. The maximum Gasteiger partial charge on any atom is 0.453 e. The second-order valence-electron chi connectivity index (χ2n) is 3.43. The van der Waals surface area contributed by atoms with Gasteiger partial charge in [-0.25, -0.2) is 4.79 Å². The first-order valence-corrected chi connectivity index (χ1v) is 5.85. The van der Waals surface area contributed by atoms with Crippen LogP contribution in [0.25, 0.3) is 5.57 Å².